The summed E-state index contributed by atoms with van der Waals surface area (Å²) >= 11 is 1.53. The minimum atomic E-state index is -0.181. The van der Waals surface area contributed by atoms with Crippen LogP contribution in [0.1, 0.15) is 27.4 Å². The molecule has 0 saturated heterocycles. The summed E-state index contributed by atoms with van der Waals surface area (Å²) in [5.74, 6) is 0.834. The summed E-state index contributed by atoms with van der Waals surface area (Å²) in [7, 11) is 0. The van der Waals surface area contributed by atoms with Gasteiger partial charge in [0.25, 0.3) is 0 Å². The molecule has 1 aromatic heterocycles. The number of aromatic nitrogens is 1. The third-order valence-corrected chi connectivity index (χ3v) is 5.60. The SMILES string of the molecule is C=CCN(Cc1csc(COc2ccc(C)c(C)c2)n1)C(=O)Nc1ccc(C)cc1. The molecule has 0 atom stereocenters. The largest absolute Gasteiger partial charge is 0.486 e. The Balaban J connectivity index is 1.59. The number of rotatable bonds is 8. The van der Waals surface area contributed by atoms with Crippen molar-refractivity contribution < 1.29 is 9.53 Å². The number of aryl methyl sites for hydroxylation is 3. The summed E-state index contributed by atoms with van der Waals surface area (Å²) in [6.07, 6.45) is 1.71. The van der Waals surface area contributed by atoms with Crippen molar-refractivity contribution in [3.63, 3.8) is 0 Å². The first kappa shape index (κ1) is 21.6. The van der Waals surface area contributed by atoms with E-state index in [0.717, 1.165) is 27.7 Å². The smallest absolute Gasteiger partial charge is 0.322 e. The molecule has 0 bridgehead atoms. The molecular weight excluding hydrogens is 394 g/mol. The first-order chi connectivity index (χ1) is 14.4. The van der Waals surface area contributed by atoms with Crippen molar-refractivity contribution in [3.05, 3.63) is 87.9 Å². The zero-order chi connectivity index (χ0) is 21.5. The predicted octanol–water partition coefficient (Wildman–Crippen LogP) is 5.87. The molecule has 1 N–H and O–H groups in total. The number of ether oxygens (including phenoxy) is 1. The number of carbonyl (C=O) groups excluding carboxylic acids is 1. The van der Waals surface area contributed by atoms with Crippen LogP contribution in [0.15, 0.2) is 60.5 Å². The molecule has 3 rings (SSSR count). The Morgan fingerprint density at radius 3 is 2.63 bits per heavy atom. The van der Waals surface area contributed by atoms with Crippen molar-refractivity contribution in [2.75, 3.05) is 11.9 Å². The van der Waals surface area contributed by atoms with E-state index in [0.29, 0.717) is 19.7 Å². The molecule has 6 heteroatoms. The fourth-order valence-electron chi connectivity index (χ4n) is 2.85. The van der Waals surface area contributed by atoms with Crippen LogP contribution < -0.4 is 10.1 Å². The summed E-state index contributed by atoms with van der Waals surface area (Å²) in [6.45, 7) is 11.2. The van der Waals surface area contributed by atoms with Gasteiger partial charge in [-0.25, -0.2) is 9.78 Å². The highest BCUT2D eigenvalue weighted by Crippen LogP contribution is 2.20. The van der Waals surface area contributed by atoms with Crippen LogP contribution in [0.5, 0.6) is 5.75 Å². The number of carbonyl (C=O) groups is 1. The predicted molar refractivity (Wildman–Crippen MR) is 123 cm³/mol. The summed E-state index contributed by atoms with van der Waals surface area (Å²) in [6, 6.07) is 13.6. The lowest BCUT2D eigenvalue weighted by Gasteiger charge is -2.20. The summed E-state index contributed by atoms with van der Waals surface area (Å²) in [4.78, 5) is 19.0. The maximum absolute atomic E-state index is 12.7. The number of hydrogen-bond donors (Lipinski definition) is 1. The zero-order valence-electron chi connectivity index (χ0n) is 17.6. The maximum Gasteiger partial charge on any atom is 0.322 e. The Labute approximate surface area is 182 Å². The average Bonchev–Trinajstić information content (AvgIpc) is 3.18. The summed E-state index contributed by atoms with van der Waals surface area (Å²) < 4.78 is 5.87. The van der Waals surface area contributed by atoms with Gasteiger partial charge in [0.1, 0.15) is 17.4 Å². The first-order valence-corrected chi connectivity index (χ1v) is 10.7. The molecule has 0 unspecified atom stereocenters. The normalized spacial score (nSPS) is 10.5. The quantitative estimate of drug-likeness (QED) is 0.463. The molecule has 30 heavy (non-hydrogen) atoms. The molecule has 0 aliphatic carbocycles. The van der Waals surface area contributed by atoms with E-state index in [-0.39, 0.29) is 6.03 Å². The van der Waals surface area contributed by atoms with E-state index in [1.54, 1.807) is 11.0 Å². The van der Waals surface area contributed by atoms with Crippen molar-refractivity contribution in [2.24, 2.45) is 0 Å². The molecule has 156 valence electrons. The van der Waals surface area contributed by atoms with Crippen LogP contribution in [0.25, 0.3) is 0 Å². The Kier molecular flexibility index (Phi) is 7.25. The highest BCUT2D eigenvalue weighted by atomic mass is 32.1. The van der Waals surface area contributed by atoms with Crippen molar-refractivity contribution in [2.45, 2.75) is 33.9 Å². The van der Waals surface area contributed by atoms with Crippen molar-refractivity contribution in [3.8, 4) is 5.75 Å². The topological polar surface area (TPSA) is 54.5 Å². The fraction of sp³-hybridized carbons (Fsp3) is 0.250. The molecule has 5 nitrogen and oxygen atoms in total. The molecule has 0 spiro atoms. The van der Waals surface area contributed by atoms with Crippen LogP contribution in [0.4, 0.5) is 10.5 Å². The van der Waals surface area contributed by atoms with Gasteiger partial charge in [-0.05, 0) is 56.2 Å². The van der Waals surface area contributed by atoms with E-state index < -0.39 is 0 Å². The Hall–Kier alpha value is -3.12. The fourth-order valence-corrected chi connectivity index (χ4v) is 3.54. The second-order valence-corrected chi connectivity index (χ2v) is 8.18. The van der Waals surface area contributed by atoms with Gasteiger partial charge >= 0.3 is 6.03 Å². The summed E-state index contributed by atoms with van der Waals surface area (Å²) in [5, 5.41) is 5.77. The number of nitrogens with one attached hydrogen (secondary N) is 1. The van der Waals surface area contributed by atoms with Gasteiger partial charge in [-0.15, -0.1) is 17.9 Å². The zero-order valence-corrected chi connectivity index (χ0v) is 18.5. The molecule has 0 fully saturated rings. The first-order valence-electron chi connectivity index (χ1n) is 9.81. The number of urea groups is 1. The maximum atomic E-state index is 12.7. The lowest BCUT2D eigenvalue weighted by atomic mass is 10.1. The number of benzene rings is 2. The number of anilines is 1. The highest BCUT2D eigenvalue weighted by molar-refractivity contribution is 7.09. The van der Waals surface area contributed by atoms with E-state index in [4.69, 9.17) is 4.74 Å². The summed E-state index contributed by atoms with van der Waals surface area (Å²) in [5.41, 5.74) is 5.19. The third kappa shape index (κ3) is 5.94. The van der Waals surface area contributed by atoms with Gasteiger partial charge < -0.3 is 15.0 Å². The van der Waals surface area contributed by atoms with E-state index in [1.165, 1.54) is 22.5 Å². The molecule has 2 amide bonds. The molecular formula is C24H27N3O2S. The molecule has 3 aromatic rings. The standard InChI is InChI=1S/C24H27N3O2S/c1-5-12-27(24(28)26-20-9-6-17(2)7-10-20)14-21-16-30-23(25-21)15-29-22-11-8-18(3)19(4)13-22/h5-11,13,16H,1,12,14-15H2,2-4H3,(H,26,28). The van der Waals surface area contributed by atoms with Crippen LogP contribution in [0.3, 0.4) is 0 Å². The van der Waals surface area contributed by atoms with Crippen LogP contribution in [-0.2, 0) is 13.2 Å². The van der Waals surface area contributed by atoms with Crippen molar-refractivity contribution in [1.82, 2.24) is 9.88 Å². The lowest BCUT2D eigenvalue weighted by Crippen LogP contribution is -2.34. The van der Waals surface area contributed by atoms with Gasteiger partial charge in [0.2, 0.25) is 0 Å². The molecule has 0 aliphatic heterocycles. The van der Waals surface area contributed by atoms with Gasteiger partial charge in [0.15, 0.2) is 0 Å². The molecule has 0 aliphatic rings. The Bertz CT molecular complexity index is 1010. The minimum Gasteiger partial charge on any atom is -0.486 e. The second kappa shape index (κ2) is 10.1. The number of amides is 2. The van der Waals surface area contributed by atoms with E-state index in [1.807, 2.05) is 48.7 Å². The van der Waals surface area contributed by atoms with Gasteiger partial charge in [-0.1, -0.05) is 29.8 Å². The minimum absolute atomic E-state index is 0.181. The molecule has 1 heterocycles. The highest BCUT2D eigenvalue weighted by Gasteiger charge is 2.15. The van der Waals surface area contributed by atoms with Crippen LogP contribution in [0.2, 0.25) is 0 Å². The second-order valence-electron chi connectivity index (χ2n) is 7.23. The Morgan fingerprint density at radius 1 is 1.17 bits per heavy atom. The van der Waals surface area contributed by atoms with Gasteiger partial charge in [0, 0.05) is 17.6 Å². The lowest BCUT2D eigenvalue weighted by molar-refractivity contribution is 0.214. The van der Waals surface area contributed by atoms with Crippen LogP contribution in [-0.4, -0.2) is 22.5 Å². The van der Waals surface area contributed by atoms with E-state index >= 15 is 0 Å². The number of thiazole rings is 1. The molecule has 0 radical (unpaired) electrons. The van der Waals surface area contributed by atoms with E-state index in [2.05, 4.69) is 36.8 Å². The molecule has 2 aromatic carbocycles. The molecule has 0 saturated carbocycles. The van der Waals surface area contributed by atoms with Gasteiger partial charge in [-0.2, -0.15) is 0 Å². The van der Waals surface area contributed by atoms with Gasteiger partial charge in [-0.3, -0.25) is 0 Å². The van der Waals surface area contributed by atoms with Crippen LogP contribution >= 0.6 is 11.3 Å². The van der Waals surface area contributed by atoms with E-state index in [9.17, 15) is 4.79 Å². The van der Waals surface area contributed by atoms with Crippen molar-refractivity contribution in [1.29, 1.82) is 0 Å². The number of nitrogens with zero attached hydrogens (tertiary/aromatic N) is 2. The van der Waals surface area contributed by atoms with Crippen molar-refractivity contribution >= 4 is 23.1 Å². The average molecular weight is 422 g/mol. The monoisotopic (exact) mass is 421 g/mol. The Morgan fingerprint density at radius 2 is 1.93 bits per heavy atom. The van der Waals surface area contributed by atoms with Crippen LogP contribution in [0, 0.1) is 20.8 Å². The third-order valence-electron chi connectivity index (χ3n) is 4.73. The van der Waals surface area contributed by atoms with Gasteiger partial charge in [0.05, 0.1) is 12.2 Å². The number of hydrogen-bond acceptors (Lipinski definition) is 4.